The summed E-state index contributed by atoms with van der Waals surface area (Å²) in [6, 6.07) is 5.54. The van der Waals surface area contributed by atoms with Gasteiger partial charge in [-0.2, -0.15) is 0 Å². The second-order valence-corrected chi connectivity index (χ2v) is 5.47. The van der Waals surface area contributed by atoms with Crippen LogP contribution in [0.2, 0.25) is 0 Å². The van der Waals surface area contributed by atoms with Crippen LogP contribution in [0.3, 0.4) is 0 Å². The summed E-state index contributed by atoms with van der Waals surface area (Å²) < 4.78 is 11.2. The number of aryl methyl sites for hydroxylation is 1. The average Bonchev–Trinajstić information content (AvgIpc) is 3.14. The number of fused-ring (bicyclic) bond motifs is 1. The lowest BCUT2D eigenvalue weighted by Gasteiger charge is -2.21. The van der Waals surface area contributed by atoms with Crippen molar-refractivity contribution in [3.63, 3.8) is 0 Å². The van der Waals surface area contributed by atoms with Crippen LogP contribution in [-0.4, -0.2) is 25.3 Å². The van der Waals surface area contributed by atoms with Crippen molar-refractivity contribution < 1.29 is 9.47 Å². The summed E-state index contributed by atoms with van der Waals surface area (Å²) in [5, 5.41) is 3.64. The summed E-state index contributed by atoms with van der Waals surface area (Å²) >= 11 is 0. The van der Waals surface area contributed by atoms with E-state index in [-0.39, 0.29) is 0 Å². The minimum atomic E-state index is 0.527. The highest BCUT2D eigenvalue weighted by Gasteiger charge is 2.23. The number of rotatable bonds is 4. The molecule has 98 valence electrons. The molecule has 1 N–H and O–H groups in total. The van der Waals surface area contributed by atoms with Gasteiger partial charge in [0.05, 0.1) is 0 Å². The lowest BCUT2D eigenvalue weighted by Crippen LogP contribution is -2.30. The normalized spacial score (nSPS) is 19.7. The number of nitrogens with one attached hydrogen (secondary N) is 1. The first kappa shape index (κ1) is 11.8. The Hall–Kier alpha value is -1.22. The first-order chi connectivity index (χ1) is 8.72. The maximum atomic E-state index is 5.65. The minimum Gasteiger partial charge on any atom is -0.486 e. The summed E-state index contributed by atoms with van der Waals surface area (Å²) in [5.41, 5.74) is 2.66. The van der Waals surface area contributed by atoms with Crippen molar-refractivity contribution in [2.45, 2.75) is 45.2 Å². The molecule has 1 aliphatic heterocycles. The summed E-state index contributed by atoms with van der Waals surface area (Å²) in [6.07, 6.45) is 3.73. The van der Waals surface area contributed by atoms with Crippen molar-refractivity contribution in [2.24, 2.45) is 0 Å². The van der Waals surface area contributed by atoms with Crippen LogP contribution in [0.25, 0.3) is 0 Å². The highest BCUT2D eigenvalue weighted by molar-refractivity contribution is 5.48. The SMILES string of the molecule is Cc1cc2c(cc1CC(C)NC1CC1)OCCO2. The molecule has 0 aromatic heterocycles. The van der Waals surface area contributed by atoms with E-state index in [4.69, 9.17) is 9.47 Å². The molecular weight excluding hydrogens is 226 g/mol. The van der Waals surface area contributed by atoms with Crippen LogP contribution in [-0.2, 0) is 6.42 Å². The highest BCUT2D eigenvalue weighted by atomic mass is 16.6. The Morgan fingerprint density at radius 1 is 1.22 bits per heavy atom. The van der Waals surface area contributed by atoms with E-state index in [0.29, 0.717) is 19.3 Å². The van der Waals surface area contributed by atoms with Gasteiger partial charge in [0.2, 0.25) is 0 Å². The Morgan fingerprint density at radius 2 is 1.89 bits per heavy atom. The van der Waals surface area contributed by atoms with Crippen LogP contribution in [0.5, 0.6) is 11.5 Å². The lowest BCUT2D eigenvalue weighted by molar-refractivity contribution is 0.171. The molecule has 1 aliphatic carbocycles. The Morgan fingerprint density at radius 3 is 2.56 bits per heavy atom. The highest BCUT2D eigenvalue weighted by Crippen LogP contribution is 2.33. The third kappa shape index (κ3) is 2.61. The van der Waals surface area contributed by atoms with E-state index in [1.807, 2.05) is 0 Å². The monoisotopic (exact) mass is 247 g/mol. The fraction of sp³-hybridized carbons (Fsp3) is 0.600. The molecule has 0 saturated heterocycles. The van der Waals surface area contributed by atoms with Gasteiger partial charge in [-0.3, -0.25) is 0 Å². The van der Waals surface area contributed by atoms with Crippen LogP contribution >= 0.6 is 0 Å². The van der Waals surface area contributed by atoms with Crippen molar-refractivity contribution in [2.75, 3.05) is 13.2 Å². The fourth-order valence-electron chi connectivity index (χ4n) is 2.49. The van der Waals surface area contributed by atoms with E-state index in [1.54, 1.807) is 0 Å². The average molecular weight is 247 g/mol. The number of hydrogen-bond acceptors (Lipinski definition) is 3. The second kappa shape index (κ2) is 4.81. The van der Waals surface area contributed by atoms with Gasteiger partial charge in [-0.1, -0.05) is 0 Å². The first-order valence-corrected chi connectivity index (χ1v) is 6.87. The van der Waals surface area contributed by atoms with E-state index in [1.165, 1.54) is 24.0 Å². The Kier molecular flexibility index (Phi) is 3.16. The molecule has 0 spiro atoms. The van der Waals surface area contributed by atoms with Gasteiger partial charge >= 0.3 is 0 Å². The maximum Gasteiger partial charge on any atom is 0.161 e. The Balaban J connectivity index is 1.73. The molecule has 1 saturated carbocycles. The fourth-order valence-corrected chi connectivity index (χ4v) is 2.49. The van der Waals surface area contributed by atoms with Crippen molar-refractivity contribution in [1.29, 1.82) is 0 Å². The van der Waals surface area contributed by atoms with Crippen LogP contribution in [0.4, 0.5) is 0 Å². The molecule has 0 amide bonds. The minimum absolute atomic E-state index is 0.527. The molecule has 1 unspecified atom stereocenters. The quantitative estimate of drug-likeness (QED) is 0.886. The molecule has 1 heterocycles. The molecule has 18 heavy (non-hydrogen) atoms. The summed E-state index contributed by atoms with van der Waals surface area (Å²) in [4.78, 5) is 0. The van der Waals surface area contributed by atoms with Gasteiger partial charge in [0, 0.05) is 12.1 Å². The molecule has 0 bridgehead atoms. The van der Waals surface area contributed by atoms with Gasteiger partial charge in [0.15, 0.2) is 11.5 Å². The van der Waals surface area contributed by atoms with Gasteiger partial charge in [0.1, 0.15) is 13.2 Å². The van der Waals surface area contributed by atoms with Gasteiger partial charge < -0.3 is 14.8 Å². The molecule has 1 fully saturated rings. The third-order valence-corrected chi connectivity index (χ3v) is 3.62. The van der Waals surface area contributed by atoms with Gasteiger partial charge in [-0.05, 0) is 56.4 Å². The van der Waals surface area contributed by atoms with E-state index < -0.39 is 0 Å². The molecule has 1 aromatic rings. The summed E-state index contributed by atoms with van der Waals surface area (Å²) in [6.45, 7) is 5.72. The van der Waals surface area contributed by atoms with Gasteiger partial charge in [-0.15, -0.1) is 0 Å². The van der Waals surface area contributed by atoms with Crippen molar-refractivity contribution in [3.8, 4) is 11.5 Å². The number of hydrogen-bond donors (Lipinski definition) is 1. The Labute approximate surface area is 108 Å². The van der Waals surface area contributed by atoms with E-state index in [9.17, 15) is 0 Å². The van der Waals surface area contributed by atoms with Crippen molar-refractivity contribution in [1.82, 2.24) is 5.32 Å². The smallest absolute Gasteiger partial charge is 0.161 e. The Bertz CT molecular complexity index is 440. The van der Waals surface area contributed by atoms with Crippen LogP contribution < -0.4 is 14.8 Å². The maximum absolute atomic E-state index is 5.65. The summed E-state index contributed by atoms with van der Waals surface area (Å²) in [5.74, 6) is 1.80. The zero-order valence-corrected chi connectivity index (χ0v) is 11.2. The zero-order chi connectivity index (χ0) is 12.5. The lowest BCUT2D eigenvalue weighted by atomic mass is 10.0. The topological polar surface area (TPSA) is 30.5 Å². The molecule has 3 rings (SSSR count). The van der Waals surface area contributed by atoms with E-state index >= 15 is 0 Å². The van der Waals surface area contributed by atoms with Crippen molar-refractivity contribution in [3.05, 3.63) is 23.3 Å². The standard InChI is InChI=1S/C15H21NO2/c1-10-7-14-15(18-6-5-17-14)9-12(10)8-11(2)16-13-3-4-13/h7,9,11,13,16H,3-6,8H2,1-2H3. The van der Waals surface area contributed by atoms with Crippen LogP contribution in [0, 0.1) is 6.92 Å². The molecule has 1 aromatic carbocycles. The third-order valence-electron chi connectivity index (χ3n) is 3.62. The molecule has 1 atom stereocenters. The first-order valence-electron chi connectivity index (χ1n) is 6.87. The van der Waals surface area contributed by atoms with E-state index in [0.717, 1.165) is 24.0 Å². The van der Waals surface area contributed by atoms with E-state index in [2.05, 4.69) is 31.3 Å². The molecule has 0 radical (unpaired) electrons. The van der Waals surface area contributed by atoms with Crippen LogP contribution in [0.1, 0.15) is 30.9 Å². The van der Waals surface area contributed by atoms with Crippen LogP contribution in [0.15, 0.2) is 12.1 Å². The predicted octanol–water partition coefficient (Wildman–Crippen LogP) is 2.45. The van der Waals surface area contributed by atoms with Gasteiger partial charge in [0.25, 0.3) is 0 Å². The largest absolute Gasteiger partial charge is 0.486 e. The molecule has 2 aliphatic rings. The number of ether oxygens (including phenoxy) is 2. The molecular formula is C15H21NO2. The molecule has 3 nitrogen and oxygen atoms in total. The zero-order valence-electron chi connectivity index (χ0n) is 11.2. The van der Waals surface area contributed by atoms with Gasteiger partial charge in [-0.25, -0.2) is 0 Å². The number of benzene rings is 1. The van der Waals surface area contributed by atoms with Crippen molar-refractivity contribution >= 4 is 0 Å². The summed E-state index contributed by atoms with van der Waals surface area (Å²) in [7, 11) is 0. The molecule has 3 heteroatoms. The second-order valence-electron chi connectivity index (χ2n) is 5.47. The predicted molar refractivity (Wildman–Crippen MR) is 71.5 cm³/mol.